The van der Waals surface area contributed by atoms with E-state index in [9.17, 15) is 5.11 Å². The minimum Gasteiger partial charge on any atom is -0.387 e. The minimum atomic E-state index is -0.315. The summed E-state index contributed by atoms with van der Waals surface area (Å²) in [4.78, 5) is 2.44. The van der Waals surface area contributed by atoms with Crippen molar-refractivity contribution in [3.63, 3.8) is 0 Å². The number of hydrogen-bond donors (Lipinski definition) is 1. The maximum atomic E-state index is 10.5. The molecule has 1 aliphatic carbocycles. The predicted octanol–water partition coefficient (Wildman–Crippen LogP) is 3.01. The highest BCUT2D eigenvalue weighted by atomic mass is 16.3. The van der Waals surface area contributed by atoms with E-state index in [2.05, 4.69) is 43.9 Å². The third-order valence-electron chi connectivity index (χ3n) is 4.29. The van der Waals surface area contributed by atoms with Crippen molar-refractivity contribution in [3.05, 3.63) is 35.4 Å². The van der Waals surface area contributed by atoms with Gasteiger partial charge < -0.3 is 5.11 Å². The second-order valence-corrected chi connectivity index (χ2v) is 5.52. The minimum absolute atomic E-state index is 0.265. The molecule has 0 saturated heterocycles. The van der Waals surface area contributed by atoms with E-state index in [0.29, 0.717) is 5.92 Å². The van der Waals surface area contributed by atoms with Crippen molar-refractivity contribution >= 4 is 0 Å². The molecular formula is C16H25NO. The van der Waals surface area contributed by atoms with Gasteiger partial charge in [0, 0.05) is 12.6 Å². The molecule has 18 heavy (non-hydrogen) atoms. The maximum Gasteiger partial charge on any atom is 0.0951 e. The van der Waals surface area contributed by atoms with Gasteiger partial charge in [0.25, 0.3) is 0 Å². The van der Waals surface area contributed by atoms with Gasteiger partial charge in [0.1, 0.15) is 0 Å². The van der Waals surface area contributed by atoms with Gasteiger partial charge in [-0.15, -0.1) is 0 Å². The zero-order chi connectivity index (χ0) is 13.1. The van der Waals surface area contributed by atoms with E-state index in [4.69, 9.17) is 0 Å². The van der Waals surface area contributed by atoms with Crippen LogP contribution in [-0.2, 0) is 6.42 Å². The average molecular weight is 247 g/mol. The third kappa shape index (κ3) is 2.60. The molecule has 0 radical (unpaired) electrons. The van der Waals surface area contributed by atoms with Gasteiger partial charge in [-0.25, -0.2) is 0 Å². The van der Waals surface area contributed by atoms with E-state index in [-0.39, 0.29) is 12.1 Å². The Bertz CT molecular complexity index is 390. The Hall–Kier alpha value is -0.860. The lowest BCUT2D eigenvalue weighted by atomic mass is 10.0. The van der Waals surface area contributed by atoms with Crippen LogP contribution in [0.5, 0.6) is 0 Å². The van der Waals surface area contributed by atoms with Gasteiger partial charge in [0.2, 0.25) is 0 Å². The Labute approximate surface area is 111 Å². The molecule has 3 unspecified atom stereocenters. The van der Waals surface area contributed by atoms with Gasteiger partial charge in [0.15, 0.2) is 0 Å². The second-order valence-electron chi connectivity index (χ2n) is 5.52. The van der Waals surface area contributed by atoms with Gasteiger partial charge in [-0.2, -0.15) is 0 Å². The molecule has 0 amide bonds. The number of benzene rings is 1. The normalized spacial score (nSPS) is 24.3. The van der Waals surface area contributed by atoms with Crippen LogP contribution in [0.3, 0.4) is 0 Å². The van der Waals surface area contributed by atoms with E-state index in [1.165, 1.54) is 12.0 Å². The smallest absolute Gasteiger partial charge is 0.0951 e. The molecule has 1 aromatic carbocycles. The maximum absolute atomic E-state index is 10.5. The van der Waals surface area contributed by atoms with Gasteiger partial charge >= 0.3 is 0 Å². The topological polar surface area (TPSA) is 23.5 Å². The number of likely N-dealkylation sites (N-methyl/N-ethyl adjacent to an activating group) is 1. The summed E-state index contributed by atoms with van der Waals surface area (Å²) < 4.78 is 0. The standard InChI is InChI=1S/C16H25NO/c1-4-12(3)11-17(5-2)15-10-13-8-6-7-9-14(13)16(15)18/h6-9,12,15-16,18H,4-5,10-11H2,1-3H3. The Balaban J connectivity index is 2.11. The van der Waals surface area contributed by atoms with Crippen LogP contribution in [0.1, 0.15) is 44.4 Å². The zero-order valence-corrected chi connectivity index (χ0v) is 11.8. The molecule has 0 bridgehead atoms. The molecule has 0 heterocycles. The zero-order valence-electron chi connectivity index (χ0n) is 11.8. The predicted molar refractivity (Wildman–Crippen MR) is 75.6 cm³/mol. The third-order valence-corrected chi connectivity index (χ3v) is 4.29. The molecule has 1 N–H and O–H groups in total. The lowest BCUT2D eigenvalue weighted by Gasteiger charge is -2.32. The SMILES string of the molecule is CCC(C)CN(CC)C1Cc2ccccc2C1O. The van der Waals surface area contributed by atoms with Gasteiger partial charge in [-0.1, -0.05) is 51.5 Å². The van der Waals surface area contributed by atoms with Crippen LogP contribution < -0.4 is 0 Å². The first-order valence-corrected chi connectivity index (χ1v) is 7.17. The number of fused-ring (bicyclic) bond motifs is 1. The van der Waals surface area contributed by atoms with Crippen molar-refractivity contribution in [2.75, 3.05) is 13.1 Å². The molecule has 0 saturated carbocycles. The number of aliphatic hydroxyl groups excluding tert-OH is 1. The van der Waals surface area contributed by atoms with E-state index < -0.39 is 0 Å². The number of hydrogen-bond acceptors (Lipinski definition) is 2. The quantitative estimate of drug-likeness (QED) is 0.864. The molecule has 1 aliphatic rings. The van der Waals surface area contributed by atoms with Crippen molar-refractivity contribution in [1.29, 1.82) is 0 Å². The first-order valence-electron chi connectivity index (χ1n) is 7.17. The molecule has 2 nitrogen and oxygen atoms in total. The van der Waals surface area contributed by atoms with E-state index in [1.807, 2.05) is 6.07 Å². The van der Waals surface area contributed by atoms with Crippen molar-refractivity contribution in [2.45, 2.75) is 45.8 Å². The molecule has 0 aliphatic heterocycles. The lowest BCUT2D eigenvalue weighted by Crippen LogP contribution is -2.40. The highest BCUT2D eigenvalue weighted by Gasteiger charge is 2.34. The fraction of sp³-hybridized carbons (Fsp3) is 0.625. The van der Waals surface area contributed by atoms with Gasteiger partial charge in [0.05, 0.1) is 6.10 Å². The van der Waals surface area contributed by atoms with Crippen LogP contribution in [-0.4, -0.2) is 29.1 Å². The summed E-state index contributed by atoms with van der Waals surface area (Å²) in [5.74, 6) is 0.695. The number of rotatable bonds is 5. The van der Waals surface area contributed by atoms with Crippen molar-refractivity contribution in [3.8, 4) is 0 Å². The highest BCUT2D eigenvalue weighted by molar-refractivity contribution is 5.35. The molecule has 3 atom stereocenters. The van der Waals surface area contributed by atoms with E-state index in [1.54, 1.807) is 0 Å². The van der Waals surface area contributed by atoms with Crippen LogP contribution in [0, 0.1) is 5.92 Å². The number of nitrogens with zero attached hydrogens (tertiary/aromatic N) is 1. The van der Waals surface area contributed by atoms with Crippen molar-refractivity contribution in [1.82, 2.24) is 4.90 Å². The Morgan fingerprint density at radius 3 is 2.67 bits per heavy atom. The average Bonchev–Trinajstić information content (AvgIpc) is 2.73. The van der Waals surface area contributed by atoms with Crippen LogP contribution in [0.4, 0.5) is 0 Å². The first kappa shape index (κ1) is 13.6. The van der Waals surface area contributed by atoms with Crippen LogP contribution in [0.25, 0.3) is 0 Å². The molecule has 0 aromatic heterocycles. The van der Waals surface area contributed by atoms with E-state index >= 15 is 0 Å². The summed E-state index contributed by atoms with van der Waals surface area (Å²) in [6.07, 6.45) is 1.87. The summed E-state index contributed by atoms with van der Waals surface area (Å²) in [7, 11) is 0. The van der Waals surface area contributed by atoms with Gasteiger partial charge in [-0.3, -0.25) is 4.90 Å². The lowest BCUT2D eigenvalue weighted by molar-refractivity contribution is 0.0552. The Kier molecular flexibility index (Phi) is 4.41. The van der Waals surface area contributed by atoms with Gasteiger partial charge in [-0.05, 0) is 30.0 Å². The summed E-state index contributed by atoms with van der Waals surface area (Å²) in [5, 5.41) is 10.5. The molecular weight excluding hydrogens is 222 g/mol. The molecule has 100 valence electrons. The summed E-state index contributed by atoms with van der Waals surface area (Å²) >= 11 is 0. The van der Waals surface area contributed by atoms with Crippen LogP contribution in [0.15, 0.2) is 24.3 Å². The van der Waals surface area contributed by atoms with E-state index in [0.717, 1.165) is 25.1 Å². The fourth-order valence-electron chi connectivity index (χ4n) is 2.91. The second kappa shape index (κ2) is 5.85. The highest BCUT2D eigenvalue weighted by Crippen LogP contribution is 2.34. The first-order chi connectivity index (χ1) is 8.67. The molecule has 2 heteroatoms. The Morgan fingerprint density at radius 2 is 2.06 bits per heavy atom. The molecule has 0 spiro atoms. The molecule has 2 rings (SSSR count). The molecule has 1 aromatic rings. The molecule has 0 fully saturated rings. The van der Waals surface area contributed by atoms with Crippen molar-refractivity contribution in [2.24, 2.45) is 5.92 Å². The summed E-state index contributed by atoms with van der Waals surface area (Å²) in [6.45, 7) is 8.82. The Morgan fingerprint density at radius 1 is 1.33 bits per heavy atom. The fourth-order valence-corrected chi connectivity index (χ4v) is 2.91. The monoisotopic (exact) mass is 247 g/mol. The summed E-state index contributed by atoms with van der Waals surface area (Å²) in [6, 6.07) is 8.57. The van der Waals surface area contributed by atoms with Crippen LogP contribution in [0.2, 0.25) is 0 Å². The van der Waals surface area contributed by atoms with Crippen molar-refractivity contribution < 1.29 is 5.11 Å². The number of aliphatic hydroxyl groups is 1. The summed E-state index contributed by atoms with van der Waals surface area (Å²) in [5.41, 5.74) is 2.45. The largest absolute Gasteiger partial charge is 0.387 e. The van der Waals surface area contributed by atoms with Crippen LogP contribution >= 0.6 is 0 Å².